The molecule has 134 valence electrons. The van der Waals surface area contributed by atoms with E-state index in [-0.39, 0.29) is 11.9 Å². The quantitative estimate of drug-likeness (QED) is 0.509. The number of nitrogens with zero attached hydrogens (tertiary/aromatic N) is 2. The van der Waals surface area contributed by atoms with E-state index in [0.717, 1.165) is 48.6 Å². The minimum absolute atomic E-state index is 0.196. The SMILES string of the molecule is COC1CCCN(CC(=O)c2cc(C)n(-c3ccc(I)cc3)c2C)C1. The van der Waals surface area contributed by atoms with Crippen LogP contribution in [0, 0.1) is 17.4 Å². The number of ether oxygens (including phenoxy) is 1. The van der Waals surface area contributed by atoms with Crippen LogP contribution in [0.25, 0.3) is 5.69 Å². The molecule has 0 bridgehead atoms. The second-order valence-electron chi connectivity index (χ2n) is 6.75. The molecule has 1 atom stereocenters. The molecule has 0 aliphatic carbocycles. The highest BCUT2D eigenvalue weighted by Crippen LogP contribution is 2.23. The number of hydrogen-bond donors (Lipinski definition) is 0. The second-order valence-corrected chi connectivity index (χ2v) is 8.00. The number of methoxy groups -OCH3 is 1. The lowest BCUT2D eigenvalue weighted by Crippen LogP contribution is -2.41. The number of carbonyl (C=O) groups is 1. The first kappa shape index (κ1) is 18.6. The molecule has 0 amide bonds. The van der Waals surface area contributed by atoms with Gasteiger partial charge in [-0.15, -0.1) is 0 Å². The van der Waals surface area contributed by atoms with Gasteiger partial charge in [-0.2, -0.15) is 0 Å². The van der Waals surface area contributed by atoms with Crippen molar-refractivity contribution in [2.75, 3.05) is 26.7 Å². The Labute approximate surface area is 163 Å². The van der Waals surface area contributed by atoms with E-state index in [1.54, 1.807) is 7.11 Å². The van der Waals surface area contributed by atoms with Gasteiger partial charge in [-0.05, 0) is 86.2 Å². The van der Waals surface area contributed by atoms with Gasteiger partial charge < -0.3 is 9.30 Å². The third kappa shape index (κ3) is 4.15. The molecule has 2 heterocycles. The molecule has 3 rings (SSSR count). The van der Waals surface area contributed by atoms with E-state index in [4.69, 9.17) is 4.74 Å². The summed E-state index contributed by atoms with van der Waals surface area (Å²) in [5, 5.41) is 0. The monoisotopic (exact) mass is 452 g/mol. The van der Waals surface area contributed by atoms with Crippen molar-refractivity contribution in [3.8, 4) is 5.69 Å². The van der Waals surface area contributed by atoms with Crippen molar-refractivity contribution < 1.29 is 9.53 Å². The molecule has 0 saturated carbocycles. The average Bonchev–Trinajstić information content (AvgIpc) is 2.90. The van der Waals surface area contributed by atoms with Crippen molar-refractivity contribution in [3.05, 3.63) is 50.9 Å². The van der Waals surface area contributed by atoms with Crippen LogP contribution in [0.15, 0.2) is 30.3 Å². The molecule has 4 nitrogen and oxygen atoms in total. The molecular weight excluding hydrogens is 427 g/mol. The number of hydrogen-bond acceptors (Lipinski definition) is 3. The summed E-state index contributed by atoms with van der Waals surface area (Å²) >= 11 is 2.31. The van der Waals surface area contributed by atoms with E-state index in [2.05, 4.69) is 63.2 Å². The molecule has 2 aromatic rings. The fourth-order valence-corrected chi connectivity index (χ4v) is 4.03. The summed E-state index contributed by atoms with van der Waals surface area (Å²) < 4.78 is 8.84. The molecule has 1 aliphatic rings. The van der Waals surface area contributed by atoms with Gasteiger partial charge in [0, 0.05) is 39.9 Å². The zero-order chi connectivity index (χ0) is 18.0. The molecule has 1 aliphatic heterocycles. The molecule has 1 aromatic heterocycles. The third-order valence-corrected chi connectivity index (χ3v) is 5.70. The zero-order valence-electron chi connectivity index (χ0n) is 15.1. The predicted octanol–water partition coefficient (Wildman–Crippen LogP) is 3.99. The highest BCUT2D eigenvalue weighted by Gasteiger charge is 2.23. The van der Waals surface area contributed by atoms with Crippen LogP contribution >= 0.6 is 22.6 Å². The Morgan fingerprint density at radius 1 is 1.28 bits per heavy atom. The number of likely N-dealkylation sites (tertiary alicyclic amines) is 1. The summed E-state index contributed by atoms with van der Waals surface area (Å²) in [6.07, 6.45) is 2.43. The third-order valence-electron chi connectivity index (χ3n) is 4.98. The van der Waals surface area contributed by atoms with E-state index in [1.165, 1.54) is 3.57 Å². The topological polar surface area (TPSA) is 34.5 Å². The number of carbonyl (C=O) groups excluding carboxylic acids is 1. The van der Waals surface area contributed by atoms with Crippen LogP contribution in [0.3, 0.4) is 0 Å². The van der Waals surface area contributed by atoms with Crippen molar-refractivity contribution in [2.24, 2.45) is 0 Å². The normalized spacial score (nSPS) is 18.5. The van der Waals surface area contributed by atoms with Crippen LogP contribution < -0.4 is 0 Å². The van der Waals surface area contributed by atoms with E-state index in [1.807, 2.05) is 13.0 Å². The Hall–Kier alpha value is -1.18. The molecule has 1 saturated heterocycles. The first-order valence-electron chi connectivity index (χ1n) is 8.73. The Balaban J connectivity index is 1.80. The summed E-state index contributed by atoms with van der Waals surface area (Å²) in [6, 6.07) is 10.4. The maximum absolute atomic E-state index is 12.9. The lowest BCUT2D eigenvalue weighted by Gasteiger charge is -2.31. The van der Waals surface area contributed by atoms with Crippen molar-refractivity contribution in [3.63, 3.8) is 0 Å². The van der Waals surface area contributed by atoms with E-state index in [9.17, 15) is 4.79 Å². The average molecular weight is 452 g/mol. The number of ketones is 1. The number of aromatic nitrogens is 1. The standard InChI is InChI=1S/C20H25IN2O2/c1-14-11-19(15(2)23(14)17-8-6-16(21)7-9-17)20(24)13-22-10-4-5-18(12-22)25-3/h6-9,11,18H,4-5,10,12-13H2,1-3H3. The van der Waals surface area contributed by atoms with E-state index < -0.39 is 0 Å². The summed E-state index contributed by atoms with van der Waals surface area (Å²) in [6.45, 7) is 6.38. The van der Waals surface area contributed by atoms with Gasteiger partial charge in [0.25, 0.3) is 0 Å². The van der Waals surface area contributed by atoms with Crippen LogP contribution in [0.1, 0.15) is 34.6 Å². The Bertz CT molecular complexity index is 752. The van der Waals surface area contributed by atoms with Gasteiger partial charge >= 0.3 is 0 Å². The molecular formula is C20H25IN2O2. The lowest BCUT2D eigenvalue weighted by atomic mass is 10.1. The number of rotatable bonds is 5. The van der Waals surface area contributed by atoms with Crippen molar-refractivity contribution in [1.29, 1.82) is 0 Å². The van der Waals surface area contributed by atoms with Gasteiger partial charge in [0.15, 0.2) is 5.78 Å². The lowest BCUT2D eigenvalue weighted by molar-refractivity contribution is 0.0314. The summed E-state index contributed by atoms with van der Waals surface area (Å²) in [5.41, 5.74) is 4.04. The first-order chi connectivity index (χ1) is 12.0. The van der Waals surface area contributed by atoms with Crippen LogP contribution in [-0.2, 0) is 4.74 Å². The largest absolute Gasteiger partial charge is 0.380 e. The maximum atomic E-state index is 12.9. The van der Waals surface area contributed by atoms with E-state index in [0.29, 0.717) is 6.54 Å². The minimum Gasteiger partial charge on any atom is -0.380 e. The minimum atomic E-state index is 0.196. The summed E-state index contributed by atoms with van der Waals surface area (Å²) in [7, 11) is 1.75. The molecule has 0 N–H and O–H groups in total. The number of piperidine rings is 1. The van der Waals surface area contributed by atoms with Gasteiger partial charge in [0.2, 0.25) is 0 Å². The Morgan fingerprint density at radius 2 is 2.00 bits per heavy atom. The second kappa shape index (κ2) is 8.01. The smallest absolute Gasteiger partial charge is 0.178 e. The number of halogens is 1. The Kier molecular flexibility index (Phi) is 5.96. The number of aryl methyl sites for hydroxylation is 1. The van der Waals surface area contributed by atoms with Crippen molar-refractivity contribution in [1.82, 2.24) is 9.47 Å². The molecule has 25 heavy (non-hydrogen) atoms. The van der Waals surface area contributed by atoms with Crippen LogP contribution in [0.5, 0.6) is 0 Å². The maximum Gasteiger partial charge on any atom is 0.178 e. The molecule has 5 heteroatoms. The zero-order valence-corrected chi connectivity index (χ0v) is 17.2. The van der Waals surface area contributed by atoms with Gasteiger partial charge in [-0.1, -0.05) is 0 Å². The number of Topliss-reactive ketones (excluding diaryl/α,β-unsaturated/α-hetero) is 1. The summed E-state index contributed by atoms with van der Waals surface area (Å²) in [4.78, 5) is 15.1. The van der Waals surface area contributed by atoms with Crippen LogP contribution in [-0.4, -0.2) is 48.1 Å². The highest BCUT2D eigenvalue weighted by atomic mass is 127. The highest BCUT2D eigenvalue weighted by molar-refractivity contribution is 14.1. The molecule has 0 spiro atoms. The summed E-state index contributed by atoms with van der Waals surface area (Å²) in [5.74, 6) is 0.196. The molecule has 1 unspecified atom stereocenters. The van der Waals surface area contributed by atoms with Gasteiger partial charge in [0.1, 0.15) is 0 Å². The van der Waals surface area contributed by atoms with E-state index >= 15 is 0 Å². The van der Waals surface area contributed by atoms with Gasteiger partial charge in [0.05, 0.1) is 12.6 Å². The molecule has 0 radical (unpaired) electrons. The fraction of sp³-hybridized carbons (Fsp3) is 0.450. The molecule has 1 fully saturated rings. The van der Waals surface area contributed by atoms with Crippen LogP contribution in [0.2, 0.25) is 0 Å². The molecule has 1 aromatic carbocycles. The fourth-order valence-electron chi connectivity index (χ4n) is 3.67. The van der Waals surface area contributed by atoms with Crippen molar-refractivity contribution in [2.45, 2.75) is 32.8 Å². The van der Waals surface area contributed by atoms with Crippen LogP contribution in [0.4, 0.5) is 0 Å². The van der Waals surface area contributed by atoms with Gasteiger partial charge in [-0.3, -0.25) is 9.69 Å². The first-order valence-corrected chi connectivity index (χ1v) is 9.80. The van der Waals surface area contributed by atoms with Crippen molar-refractivity contribution >= 4 is 28.4 Å². The predicted molar refractivity (Wildman–Crippen MR) is 109 cm³/mol. The van der Waals surface area contributed by atoms with Gasteiger partial charge in [-0.25, -0.2) is 0 Å². The Morgan fingerprint density at radius 3 is 2.68 bits per heavy atom. The number of benzene rings is 1.